The third kappa shape index (κ3) is 6.56. The number of hydrogen-bond donors (Lipinski definition) is 2. The van der Waals surface area contributed by atoms with Crippen molar-refractivity contribution in [1.82, 2.24) is 9.62 Å². The number of hydrogen-bond acceptors (Lipinski definition) is 3. The molecule has 0 aromatic heterocycles. The van der Waals surface area contributed by atoms with Gasteiger partial charge in [-0.15, -0.1) is 0 Å². The summed E-state index contributed by atoms with van der Waals surface area (Å²) in [6.07, 6.45) is 2.53. The Balaban J connectivity index is 1.43. The van der Waals surface area contributed by atoms with Crippen LogP contribution in [0.25, 0.3) is 0 Å². The van der Waals surface area contributed by atoms with E-state index in [9.17, 15) is 13.2 Å². The Hall–Kier alpha value is -2.38. The highest BCUT2D eigenvalue weighted by Gasteiger charge is 2.23. The van der Waals surface area contributed by atoms with Crippen molar-refractivity contribution < 1.29 is 13.2 Å². The van der Waals surface area contributed by atoms with E-state index in [1.807, 2.05) is 48.2 Å². The maximum atomic E-state index is 12.6. The zero-order valence-corrected chi connectivity index (χ0v) is 20.3. The molecule has 1 aliphatic heterocycles. The maximum absolute atomic E-state index is 12.6. The molecule has 1 heterocycles. The molecule has 6 nitrogen and oxygen atoms in total. The van der Waals surface area contributed by atoms with Crippen LogP contribution in [0.1, 0.15) is 51.2 Å². The third-order valence-electron chi connectivity index (χ3n) is 6.05. The van der Waals surface area contributed by atoms with E-state index >= 15 is 0 Å². The van der Waals surface area contributed by atoms with Crippen molar-refractivity contribution in [1.29, 1.82) is 0 Å². The van der Waals surface area contributed by atoms with Crippen LogP contribution >= 0.6 is 0 Å². The molecule has 0 saturated carbocycles. The van der Waals surface area contributed by atoms with Gasteiger partial charge in [-0.1, -0.05) is 45.0 Å². The second-order valence-corrected chi connectivity index (χ2v) is 11.5. The number of anilines is 1. The lowest BCUT2D eigenvalue weighted by atomic mass is 9.87. The molecule has 1 aliphatic rings. The van der Waals surface area contributed by atoms with Crippen LogP contribution in [0.2, 0.25) is 0 Å². The monoisotopic (exact) mass is 457 g/mol. The molecule has 1 fully saturated rings. The van der Waals surface area contributed by atoms with Crippen molar-refractivity contribution in [3.8, 4) is 0 Å². The maximum Gasteiger partial charge on any atom is 0.321 e. The number of amides is 2. The number of piperidine rings is 1. The molecular formula is C25H35N3O3S. The number of rotatable bonds is 6. The van der Waals surface area contributed by atoms with Gasteiger partial charge in [-0.3, -0.25) is 0 Å². The third-order valence-corrected chi connectivity index (χ3v) is 7.52. The fourth-order valence-electron chi connectivity index (χ4n) is 3.96. The molecule has 3 rings (SSSR count). The standard InChI is InChI=1S/C25H35N3O3S/c1-19-6-5-7-22(18-19)27-24(29)28-16-13-20(14-17-28)12-15-26-32(30,31)23-10-8-21(9-11-23)25(2,3)4/h5-11,18,20,26H,12-17H2,1-4H3,(H,27,29). The zero-order chi connectivity index (χ0) is 23.4. The van der Waals surface area contributed by atoms with E-state index in [0.29, 0.717) is 30.4 Å². The van der Waals surface area contributed by atoms with Crippen LogP contribution < -0.4 is 10.0 Å². The highest BCUT2D eigenvalue weighted by molar-refractivity contribution is 7.89. The Kier molecular flexibility index (Phi) is 7.62. The first-order valence-electron chi connectivity index (χ1n) is 11.3. The number of sulfonamides is 1. The largest absolute Gasteiger partial charge is 0.325 e. The summed E-state index contributed by atoms with van der Waals surface area (Å²) in [5.74, 6) is 0.406. The van der Waals surface area contributed by atoms with Gasteiger partial charge in [0, 0.05) is 25.3 Å². The molecule has 2 amide bonds. The van der Waals surface area contributed by atoms with E-state index < -0.39 is 10.0 Å². The molecule has 0 aliphatic carbocycles. The van der Waals surface area contributed by atoms with Crippen molar-refractivity contribution in [3.05, 3.63) is 59.7 Å². The SMILES string of the molecule is Cc1cccc(NC(=O)N2CCC(CCNS(=O)(=O)c3ccc(C(C)(C)C)cc3)CC2)c1. The van der Waals surface area contributed by atoms with E-state index in [2.05, 4.69) is 30.8 Å². The number of likely N-dealkylation sites (tertiary alicyclic amines) is 1. The molecule has 0 atom stereocenters. The lowest BCUT2D eigenvalue weighted by molar-refractivity contribution is 0.180. The average molecular weight is 458 g/mol. The first-order chi connectivity index (χ1) is 15.0. The van der Waals surface area contributed by atoms with Gasteiger partial charge in [-0.05, 0) is 72.9 Å². The molecule has 2 N–H and O–H groups in total. The number of benzene rings is 2. The Morgan fingerprint density at radius 2 is 1.72 bits per heavy atom. The number of nitrogens with zero attached hydrogens (tertiary/aromatic N) is 1. The first-order valence-corrected chi connectivity index (χ1v) is 12.8. The van der Waals surface area contributed by atoms with Crippen molar-refractivity contribution in [2.24, 2.45) is 5.92 Å². The number of aryl methyl sites for hydroxylation is 1. The van der Waals surface area contributed by atoms with Gasteiger partial charge < -0.3 is 10.2 Å². The number of carbonyl (C=O) groups is 1. The fraction of sp³-hybridized carbons (Fsp3) is 0.480. The Morgan fingerprint density at radius 1 is 1.06 bits per heavy atom. The lowest BCUT2D eigenvalue weighted by Gasteiger charge is -2.32. The Bertz CT molecular complexity index is 1020. The first kappa shape index (κ1) is 24.3. The van der Waals surface area contributed by atoms with Crippen LogP contribution in [0, 0.1) is 12.8 Å². The van der Waals surface area contributed by atoms with E-state index in [1.165, 1.54) is 0 Å². The molecule has 2 aromatic rings. The van der Waals surface area contributed by atoms with Gasteiger partial charge in [0.1, 0.15) is 0 Å². The molecule has 174 valence electrons. The van der Waals surface area contributed by atoms with Gasteiger partial charge in [0.2, 0.25) is 10.0 Å². The van der Waals surface area contributed by atoms with E-state index in [-0.39, 0.29) is 11.4 Å². The molecule has 32 heavy (non-hydrogen) atoms. The molecular weight excluding hydrogens is 422 g/mol. The molecule has 7 heteroatoms. The summed E-state index contributed by atoms with van der Waals surface area (Å²) in [6.45, 7) is 10.1. The van der Waals surface area contributed by atoms with Crippen molar-refractivity contribution in [2.75, 3.05) is 25.0 Å². The summed E-state index contributed by atoms with van der Waals surface area (Å²) in [4.78, 5) is 14.6. The lowest BCUT2D eigenvalue weighted by Crippen LogP contribution is -2.41. The van der Waals surface area contributed by atoms with Crippen LogP contribution in [-0.2, 0) is 15.4 Å². The molecule has 1 saturated heterocycles. The van der Waals surface area contributed by atoms with E-state index in [0.717, 1.165) is 36.1 Å². The minimum atomic E-state index is -3.51. The second-order valence-electron chi connectivity index (χ2n) is 9.69. The quantitative estimate of drug-likeness (QED) is 0.647. The Morgan fingerprint density at radius 3 is 2.31 bits per heavy atom. The average Bonchev–Trinajstić information content (AvgIpc) is 2.73. The molecule has 2 aromatic carbocycles. The smallest absolute Gasteiger partial charge is 0.321 e. The van der Waals surface area contributed by atoms with Gasteiger partial charge in [-0.25, -0.2) is 17.9 Å². The van der Waals surface area contributed by atoms with Gasteiger partial charge in [0.25, 0.3) is 0 Å². The summed E-state index contributed by atoms with van der Waals surface area (Å²) in [7, 11) is -3.51. The van der Waals surface area contributed by atoms with Crippen molar-refractivity contribution in [3.63, 3.8) is 0 Å². The van der Waals surface area contributed by atoms with E-state index in [1.54, 1.807) is 12.1 Å². The van der Waals surface area contributed by atoms with Crippen LogP contribution in [-0.4, -0.2) is 39.0 Å². The topological polar surface area (TPSA) is 78.5 Å². The molecule has 0 spiro atoms. The minimum absolute atomic E-state index is 0.0124. The molecule has 0 bridgehead atoms. The van der Waals surface area contributed by atoms with Gasteiger partial charge in [-0.2, -0.15) is 0 Å². The summed E-state index contributed by atoms with van der Waals surface area (Å²) in [5, 5.41) is 2.96. The zero-order valence-electron chi connectivity index (χ0n) is 19.5. The van der Waals surface area contributed by atoms with Crippen LogP contribution in [0.5, 0.6) is 0 Å². The number of urea groups is 1. The second kappa shape index (κ2) is 10.0. The van der Waals surface area contributed by atoms with E-state index in [4.69, 9.17) is 0 Å². The summed E-state index contributed by atoms with van der Waals surface area (Å²) in [6, 6.07) is 14.8. The summed E-state index contributed by atoms with van der Waals surface area (Å²) in [5.41, 5.74) is 3.01. The fourth-order valence-corrected chi connectivity index (χ4v) is 5.01. The highest BCUT2D eigenvalue weighted by Crippen LogP contribution is 2.24. The highest BCUT2D eigenvalue weighted by atomic mass is 32.2. The van der Waals surface area contributed by atoms with Gasteiger partial charge >= 0.3 is 6.03 Å². The van der Waals surface area contributed by atoms with Crippen LogP contribution in [0.15, 0.2) is 53.4 Å². The molecule has 0 radical (unpaired) electrons. The van der Waals surface area contributed by atoms with Gasteiger partial charge in [0.05, 0.1) is 4.90 Å². The predicted molar refractivity (Wildman–Crippen MR) is 129 cm³/mol. The predicted octanol–water partition coefficient (Wildman–Crippen LogP) is 4.91. The normalized spacial score (nSPS) is 15.6. The number of carbonyl (C=O) groups excluding carboxylic acids is 1. The van der Waals surface area contributed by atoms with Crippen molar-refractivity contribution in [2.45, 2.75) is 57.3 Å². The minimum Gasteiger partial charge on any atom is -0.325 e. The van der Waals surface area contributed by atoms with Crippen LogP contribution in [0.4, 0.5) is 10.5 Å². The van der Waals surface area contributed by atoms with Crippen LogP contribution in [0.3, 0.4) is 0 Å². The summed E-state index contributed by atoms with van der Waals surface area (Å²) < 4.78 is 27.9. The number of nitrogens with one attached hydrogen (secondary N) is 2. The van der Waals surface area contributed by atoms with Gasteiger partial charge in [0.15, 0.2) is 0 Å². The summed E-state index contributed by atoms with van der Waals surface area (Å²) >= 11 is 0. The Labute approximate surface area is 192 Å². The molecule has 0 unspecified atom stereocenters. The van der Waals surface area contributed by atoms with Crippen molar-refractivity contribution >= 4 is 21.7 Å².